The maximum atomic E-state index is 12.8. The van der Waals surface area contributed by atoms with Crippen LogP contribution in [-0.2, 0) is 17.8 Å². The Kier molecular flexibility index (Phi) is 5.31. The molecule has 0 saturated heterocycles. The lowest BCUT2D eigenvalue weighted by Gasteiger charge is -2.27. The Labute approximate surface area is 174 Å². The summed E-state index contributed by atoms with van der Waals surface area (Å²) >= 11 is 0. The molecule has 0 radical (unpaired) electrons. The van der Waals surface area contributed by atoms with Gasteiger partial charge < -0.3 is 19.1 Å². The molecule has 0 atom stereocenters. The highest BCUT2D eigenvalue weighted by atomic mass is 16.5. The number of methoxy groups -OCH3 is 3. The van der Waals surface area contributed by atoms with Gasteiger partial charge in [0.1, 0.15) is 0 Å². The molecule has 2 aromatic heterocycles. The van der Waals surface area contributed by atoms with Crippen molar-refractivity contribution < 1.29 is 19.0 Å². The molecular formula is C22H24N4O4. The van der Waals surface area contributed by atoms with Crippen LogP contribution >= 0.6 is 0 Å². The van der Waals surface area contributed by atoms with E-state index in [4.69, 9.17) is 14.2 Å². The second kappa shape index (κ2) is 8.06. The van der Waals surface area contributed by atoms with E-state index in [2.05, 4.69) is 10.1 Å². The van der Waals surface area contributed by atoms with Gasteiger partial charge in [-0.05, 0) is 30.7 Å². The number of benzene rings is 1. The molecule has 4 rings (SSSR count). The standard InChI is InChI=1S/C22H24N4O4/c1-14-9-20-23-12-16-13-25(8-7-17(16)26(20)24-14)21(27)6-5-15-10-18(28-2)22(30-4)19(11-15)29-3/h5-6,9-12H,7-8,13H2,1-4H3/b6-5+. The summed E-state index contributed by atoms with van der Waals surface area (Å²) in [6.07, 6.45) is 5.89. The number of aromatic nitrogens is 3. The molecule has 3 aromatic rings. The Morgan fingerprint density at radius 3 is 2.50 bits per heavy atom. The molecule has 0 unspecified atom stereocenters. The predicted octanol–water partition coefficient (Wildman–Crippen LogP) is 2.66. The molecule has 30 heavy (non-hydrogen) atoms. The summed E-state index contributed by atoms with van der Waals surface area (Å²) in [5, 5.41) is 4.52. The maximum Gasteiger partial charge on any atom is 0.246 e. The SMILES string of the molecule is COc1cc(/C=C/C(=O)N2CCc3c(cnc4cc(C)nn34)C2)cc(OC)c1OC. The van der Waals surface area contributed by atoms with Crippen molar-refractivity contribution in [1.29, 1.82) is 0 Å². The monoisotopic (exact) mass is 408 g/mol. The maximum absolute atomic E-state index is 12.8. The lowest BCUT2D eigenvalue weighted by Crippen LogP contribution is -2.36. The van der Waals surface area contributed by atoms with Gasteiger partial charge in [-0.25, -0.2) is 9.50 Å². The van der Waals surface area contributed by atoms with E-state index >= 15 is 0 Å². The third-order valence-corrected chi connectivity index (χ3v) is 5.19. The van der Waals surface area contributed by atoms with Gasteiger partial charge in [0.25, 0.3) is 0 Å². The van der Waals surface area contributed by atoms with Crippen molar-refractivity contribution >= 4 is 17.6 Å². The molecule has 0 N–H and O–H groups in total. The van der Waals surface area contributed by atoms with Gasteiger partial charge in [-0.2, -0.15) is 5.10 Å². The molecule has 1 aromatic carbocycles. The van der Waals surface area contributed by atoms with Crippen molar-refractivity contribution in [1.82, 2.24) is 19.5 Å². The van der Waals surface area contributed by atoms with Gasteiger partial charge in [-0.3, -0.25) is 4.79 Å². The summed E-state index contributed by atoms with van der Waals surface area (Å²) in [5.74, 6) is 1.54. The molecule has 0 bridgehead atoms. The quantitative estimate of drug-likeness (QED) is 0.604. The van der Waals surface area contributed by atoms with Crippen LogP contribution in [-0.4, -0.2) is 53.3 Å². The molecular weight excluding hydrogens is 384 g/mol. The molecule has 0 fully saturated rings. The molecule has 8 heteroatoms. The topological polar surface area (TPSA) is 78.2 Å². The van der Waals surface area contributed by atoms with Crippen LogP contribution in [0.1, 0.15) is 22.5 Å². The van der Waals surface area contributed by atoms with Gasteiger partial charge in [0.2, 0.25) is 11.7 Å². The van der Waals surface area contributed by atoms with Crippen molar-refractivity contribution in [2.24, 2.45) is 0 Å². The van der Waals surface area contributed by atoms with E-state index < -0.39 is 0 Å². The lowest BCUT2D eigenvalue weighted by atomic mass is 10.1. The molecule has 8 nitrogen and oxygen atoms in total. The molecule has 0 saturated carbocycles. The molecule has 1 aliphatic rings. The van der Waals surface area contributed by atoms with Crippen molar-refractivity contribution in [2.75, 3.05) is 27.9 Å². The minimum atomic E-state index is -0.0638. The van der Waals surface area contributed by atoms with Gasteiger partial charge in [0.15, 0.2) is 17.1 Å². The normalized spacial score (nSPS) is 13.5. The number of nitrogens with zero attached hydrogens (tertiary/aromatic N) is 4. The highest BCUT2D eigenvalue weighted by Crippen LogP contribution is 2.38. The first-order valence-corrected chi connectivity index (χ1v) is 9.64. The largest absolute Gasteiger partial charge is 0.493 e. The van der Waals surface area contributed by atoms with Crippen LogP contribution in [0.2, 0.25) is 0 Å². The molecule has 1 aliphatic heterocycles. The van der Waals surface area contributed by atoms with Crippen LogP contribution in [0.15, 0.2) is 30.5 Å². The highest BCUT2D eigenvalue weighted by molar-refractivity contribution is 5.92. The smallest absolute Gasteiger partial charge is 0.246 e. The molecule has 156 valence electrons. The average molecular weight is 408 g/mol. The second-order valence-electron chi connectivity index (χ2n) is 7.09. The number of hydrogen-bond donors (Lipinski definition) is 0. The van der Waals surface area contributed by atoms with Crippen LogP contribution in [0.25, 0.3) is 11.7 Å². The second-order valence-corrected chi connectivity index (χ2v) is 7.09. The summed E-state index contributed by atoms with van der Waals surface area (Å²) in [7, 11) is 4.68. The first-order chi connectivity index (χ1) is 14.5. The van der Waals surface area contributed by atoms with Crippen LogP contribution in [0.3, 0.4) is 0 Å². The van der Waals surface area contributed by atoms with Crippen molar-refractivity contribution in [3.63, 3.8) is 0 Å². The van der Waals surface area contributed by atoms with Gasteiger partial charge in [0, 0.05) is 43.4 Å². The number of carbonyl (C=O) groups excluding carboxylic acids is 1. The summed E-state index contributed by atoms with van der Waals surface area (Å²) in [6, 6.07) is 5.56. The van der Waals surface area contributed by atoms with Crippen molar-refractivity contribution in [3.8, 4) is 17.2 Å². The zero-order chi connectivity index (χ0) is 21.3. The third-order valence-electron chi connectivity index (χ3n) is 5.19. The Bertz CT molecular complexity index is 1110. The number of hydrogen-bond acceptors (Lipinski definition) is 6. The van der Waals surface area contributed by atoms with E-state index in [9.17, 15) is 4.79 Å². The van der Waals surface area contributed by atoms with E-state index in [1.54, 1.807) is 50.5 Å². The van der Waals surface area contributed by atoms with Gasteiger partial charge >= 0.3 is 0 Å². The number of fused-ring (bicyclic) bond motifs is 3. The van der Waals surface area contributed by atoms with Crippen molar-refractivity contribution in [2.45, 2.75) is 19.9 Å². The van der Waals surface area contributed by atoms with Crippen molar-refractivity contribution in [3.05, 3.63) is 53.0 Å². The average Bonchev–Trinajstić information content (AvgIpc) is 3.16. The molecule has 0 aliphatic carbocycles. The van der Waals surface area contributed by atoms with Gasteiger partial charge in [0.05, 0.1) is 32.7 Å². The number of rotatable bonds is 5. The summed E-state index contributed by atoms with van der Waals surface area (Å²) in [6.45, 7) is 3.09. The van der Waals surface area contributed by atoms with Gasteiger partial charge in [-0.1, -0.05) is 0 Å². The van der Waals surface area contributed by atoms with Crippen LogP contribution in [0.5, 0.6) is 17.2 Å². The van der Waals surface area contributed by atoms with E-state index in [1.807, 2.05) is 23.7 Å². The van der Waals surface area contributed by atoms with Gasteiger partial charge in [-0.15, -0.1) is 0 Å². The predicted molar refractivity (Wildman–Crippen MR) is 112 cm³/mol. The molecule has 3 heterocycles. The summed E-state index contributed by atoms with van der Waals surface area (Å²) in [4.78, 5) is 19.1. The molecule has 0 spiro atoms. The Balaban J connectivity index is 1.53. The van der Waals surface area contributed by atoms with E-state index in [0.717, 1.165) is 34.6 Å². The van der Waals surface area contributed by atoms with Crippen LogP contribution in [0, 0.1) is 6.92 Å². The third kappa shape index (κ3) is 3.56. The number of aryl methyl sites for hydroxylation is 1. The fraction of sp³-hybridized carbons (Fsp3) is 0.318. The zero-order valence-corrected chi connectivity index (χ0v) is 17.5. The lowest BCUT2D eigenvalue weighted by molar-refractivity contribution is -0.126. The summed E-state index contributed by atoms with van der Waals surface area (Å²) in [5.41, 5.74) is 4.69. The van der Waals surface area contributed by atoms with Crippen LogP contribution in [0.4, 0.5) is 0 Å². The Morgan fingerprint density at radius 1 is 1.10 bits per heavy atom. The number of ether oxygens (including phenoxy) is 3. The minimum absolute atomic E-state index is 0.0638. The number of amides is 1. The minimum Gasteiger partial charge on any atom is -0.493 e. The fourth-order valence-electron chi connectivity index (χ4n) is 3.71. The Hall–Kier alpha value is -3.55. The first kappa shape index (κ1) is 19.8. The summed E-state index contributed by atoms with van der Waals surface area (Å²) < 4.78 is 18.0. The van der Waals surface area contributed by atoms with Crippen LogP contribution < -0.4 is 14.2 Å². The van der Waals surface area contributed by atoms with E-state index in [0.29, 0.717) is 30.3 Å². The van der Waals surface area contributed by atoms with E-state index in [1.165, 1.54) is 0 Å². The zero-order valence-electron chi connectivity index (χ0n) is 17.5. The van der Waals surface area contributed by atoms with E-state index in [-0.39, 0.29) is 5.91 Å². The molecule has 1 amide bonds. The Morgan fingerprint density at radius 2 is 1.83 bits per heavy atom. The highest BCUT2D eigenvalue weighted by Gasteiger charge is 2.22. The number of carbonyl (C=O) groups is 1. The fourth-order valence-corrected chi connectivity index (χ4v) is 3.71. The first-order valence-electron chi connectivity index (χ1n) is 9.64.